The molecular weight excluding hydrogens is 250 g/mol. The van der Waals surface area contributed by atoms with Crippen LogP contribution in [0.15, 0.2) is 24.3 Å². The molecule has 0 aliphatic carbocycles. The van der Waals surface area contributed by atoms with Crippen molar-refractivity contribution in [3.63, 3.8) is 0 Å². The highest BCUT2D eigenvalue weighted by Gasteiger charge is 2.10. The van der Waals surface area contributed by atoms with Crippen molar-refractivity contribution in [2.45, 2.75) is 40.2 Å². The minimum Gasteiger partial charge on any atom is -0.491 e. The van der Waals surface area contributed by atoms with E-state index in [-0.39, 0.29) is 0 Å². The standard InChI is InChI=1S/C17H29NO2/c1-5-10-18-15(4)16-8-6-7-9-17(16)20-12-11-19-13-14(2)3/h6-9,14-15,18H,5,10-13H2,1-4H3. The van der Waals surface area contributed by atoms with Crippen molar-refractivity contribution in [2.24, 2.45) is 5.92 Å². The summed E-state index contributed by atoms with van der Waals surface area (Å²) in [7, 11) is 0. The summed E-state index contributed by atoms with van der Waals surface area (Å²) in [5.41, 5.74) is 1.21. The molecule has 1 unspecified atom stereocenters. The Morgan fingerprint density at radius 1 is 1.10 bits per heavy atom. The molecular formula is C17H29NO2. The molecule has 1 aromatic carbocycles. The molecule has 0 spiro atoms. The highest BCUT2D eigenvalue weighted by Crippen LogP contribution is 2.24. The van der Waals surface area contributed by atoms with Gasteiger partial charge in [-0.15, -0.1) is 0 Å². The predicted octanol–water partition coefficient (Wildman–Crippen LogP) is 3.80. The molecule has 1 N–H and O–H groups in total. The molecule has 0 heterocycles. The lowest BCUT2D eigenvalue weighted by Gasteiger charge is -2.18. The quantitative estimate of drug-likeness (QED) is 0.661. The number of hydrogen-bond acceptors (Lipinski definition) is 3. The smallest absolute Gasteiger partial charge is 0.124 e. The lowest BCUT2D eigenvalue weighted by molar-refractivity contribution is 0.0815. The normalized spacial score (nSPS) is 12.7. The fourth-order valence-electron chi connectivity index (χ4n) is 1.97. The van der Waals surface area contributed by atoms with Crippen LogP contribution in [0.25, 0.3) is 0 Å². The highest BCUT2D eigenvalue weighted by atomic mass is 16.5. The lowest BCUT2D eigenvalue weighted by Crippen LogP contribution is -2.20. The van der Waals surface area contributed by atoms with Crippen LogP contribution >= 0.6 is 0 Å². The first-order valence-corrected chi connectivity index (χ1v) is 7.68. The van der Waals surface area contributed by atoms with Crippen LogP contribution in [0.2, 0.25) is 0 Å². The number of ether oxygens (including phenoxy) is 2. The number of nitrogens with one attached hydrogen (secondary N) is 1. The topological polar surface area (TPSA) is 30.5 Å². The zero-order chi connectivity index (χ0) is 14.8. The van der Waals surface area contributed by atoms with E-state index >= 15 is 0 Å². The highest BCUT2D eigenvalue weighted by molar-refractivity contribution is 5.35. The zero-order valence-electron chi connectivity index (χ0n) is 13.3. The number of hydrogen-bond donors (Lipinski definition) is 1. The molecule has 0 saturated carbocycles. The predicted molar refractivity (Wildman–Crippen MR) is 84.3 cm³/mol. The molecule has 0 aliphatic rings. The Balaban J connectivity index is 2.44. The summed E-state index contributed by atoms with van der Waals surface area (Å²) in [5.74, 6) is 1.53. The molecule has 0 aromatic heterocycles. The van der Waals surface area contributed by atoms with Gasteiger partial charge in [-0.2, -0.15) is 0 Å². The third-order valence-electron chi connectivity index (χ3n) is 3.02. The van der Waals surface area contributed by atoms with E-state index in [9.17, 15) is 0 Å². The molecule has 0 aliphatic heterocycles. The second-order valence-electron chi connectivity index (χ2n) is 5.53. The molecule has 0 fully saturated rings. The van der Waals surface area contributed by atoms with Crippen molar-refractivity contribution in [3.05, 3.63) is 29.8 Å². The van der Waals surface area contributed by atoms with E-state index < -0.39 is 0 Å². The molecule has 1 rings (SSSR count). The van der Waals surface area contributed by atoms with Gasteiger partial charge in [0, 0.05) is 18.2 Å². The van der Waals surface area contributed by atoms with Gasteiger partial charge in [0.1, 0.15) is 12.4 Å². The summed E-state index contributed by atoms with van der Waals surface area (Å²) < 4.78 is 11.4. The average molecular weight is 279 g/mol. The number of benzene rings is 1. The number of rotatable bonds is 10. The first-order valence-electron chi connectivity index (χ1n) is 7.68. The van der Waals surface area contributed by atoms with Crippen LogP contribution in [-0.4, -0.2) is 26.4 Å². The fourth-order valence-corrected chi connectivity index (χ4v) is 1.97. The Hall–Kier alpha value is -1.06. The van der Waals surface area contributed by atoms with Crippen LogP contribution in [0.3, 0.4) is 0 Å². The van der Waals surface area contributed by atoms with Gasteiger partial charge < -0.3 is 14.8 Å². The second-order valence-corrected chi connectivity index (χ2v) is 5.53. The van der Waals surface area contributed by atoms with Crippen molar-refractivity contribution in [3.8, 4) is 5.75 Å². The van der Waals surface area contributed by atoms with Crippen LogP contribution in [0.1, 0.15) is 45.7 Å². The Bertz CT molecular complexity index is 366. The fraction of sp³-hybridized carbons (Fsp3) is 0.647. The van der Waals surface area contributed by atoms with Gasteiger partial charge in [0.25, 0.3) is 0 Å². The van der Waals surface area contributed by atoms with E-state index in [1.54, 1.807) is 0 Å². The Kier molecular flexibility index (Phi) is 8.31. The Morgan fingerprint density at radius 3 is 2.55 bits per heavy atom. The monoisotopic (exact) mass is 279 g/mol. The van der Waals surface area contributed by atoms with Gasteiger partial charge in [-0.1, -0.05) is 39.0 Å². The summed E-state index contributed by atoms with van der Waals surface area (Å²) in [4.78, 5) is 0. The SMILES string of the molecule is CCCNC(C)c1ccccc1OCCOCC(C)C. The van der Waals surface area contributed by atoms with Gasteiger partial charge in [0.2, 0.25) is 0 Å². The van der Waals surface area contributed by atoms with Gasteiger partial charge in [-0.05, 0) is 31.9 Å². The lowest BCUT2D eigenvalue weighted by atomic mass is 10.1. The van der Waals surface area contributed by atoms with Gasteiger partial charge in [0.15, 0.2) is 0 Å². The van der Waals surface area contributed by atoms with E-state index in [0.717, 1.165) is 25.3 Å². The molecule has 3 nitrogen and oxygen atoms in total. The maximum absolute atomic E-state index is 5.86. The van der Waals surface area contributed by atoms with E-state index in [1.807, 2.05) is 12.1 Å². The van der Waals surface area contributed by atoms with Crippen LogP contribution in [0.4, 0.5) is 0 Å². The number of para-hydroxylation sites is 1. The Labute approximate surface area is 123 Å². The molecule has 20 heavy (non-hydrogen) atoms. The first kappa shape index (κ1) is 17.0. The second kappa shape index (κ2) is 9.78. The minimum absolute atomic E-state index is 0.308. The molecule has 3 heteroatoms. The summed E-state index contributed by atoms with van der Waals surface area (Å²) in [5, 5.41) is 3.49. The maximum atomic E-state index is 5.86. The third kappa shape index (κ3) is 6.40. The summed E-state index contributed by atoms with van der Waals surface area (Å²) >= 11 is 0. The van der Waals surface area contributed by atoms with Crippen LogP contribution < -0.4 is 10.1 Å². The van der Waals surface area contributed by atoms with Crippen LogP contribution in [0.5, 0.6) is 5.75 Å². The van der Waals surface area contributed by atoms with Gasteiger partial charge in [-0.3, -0.25) is 0 Å². The van der Waals surface area contributed by atoms with E-state index in [2.05, 4.69) is 45.1 Å². The van der Waals surface area contributed by atoms with Crippen molar-refractivity contribution >= 4 is 0 Å². The minimum atomic E-state index is 0.308. The van der Waals surface area contributed by atoms with Crippen LogP contribution in [-0.2, 0) is 4.74 Å². The third-order valence-corrected chi connectivity index (χ3v) is 3.02. The van der Waals surface area contributed by atoms with E-state index in [4.69, 9.17) is 9.47 Å². The molecule has 114 valence electrons. The first-order chi connectivity index (χ1) is 9.65. The molecule has 0 amide bonds. The maximum Gasteiger partial charge on any atom is 0.124 e. The van der Waals surface area contributed by atoms with Crippen molar-refractivity contribution in [1.82, 2.24) is 5.32 Å². The molecule has 0 saturated heterocycles. The van der Waals surface area contributed by atoms with Crippen molar-refractivity contribution < 1.29 is 9.47 Å². The molecule has 1 atom stereocenters. The Morgan fingerprint density at radius 2 is 1.85 bits per heavy atom. The zero-order valence-corrected chi connectivity index (χ0v) is 13.3. The van der Waals surface area contributed by atoms with Gasteiger partial charge in [-0.25, -0.2) is 0 Å². The van der Waals surface area contributed by atoms with Crippen LogP contribution in [0, 0.1) is 5.92 Å². The molecule has 1 aromatic rings. The summed E-state index contributed by atoms with van der Waals surface area (Å²) in [6, 6.07) is 8.53. The van der Waals surface area contributed by atoms with E-state index in [0.29, 0.717) is 25.2 Å². The van der Waals surface area contributed by atoms with Crippen molar-refractivity contribution in [2.75, 3.05) is 26.4 Å². The summed E-state index contributed by atoms with van der Waals surface area (Å²) in [6.07, 6.45) is 1.14. The van der Waals surface area contributed by atoms with Gasteiger partial charge in [0.05, 0.1) is 6.61 Å². The molecule has 0 bridgehead atoms. The largest absolute Gasteiger partial charge is 0.491 e. The van der Waals surface area contributed by atoms with E-state index in [1.165, 1.54) is 5.56 Å². The average Bonchev–Trinajstić information content (AvgIpc) is 2.44. The summed E-state index contributed by atoms with van der Waals surface area (Å²) in [6.45, 7) is 11.7. The van der Waals surface area contributed by atoms with Gasteiger partial charge >= 0.3 is 0 Å². The molecule has 0 radical (unpaired) electrons. The van der Waals surface area contributed by atoms with Crippen molar-refractivity contribution in [1.29, 1.82) is 0 Å².